The lowest BCUT2D eigenvalue weighted by atomic mass is 9.85. The summed E-state index contributed by atoms with van der Waals surface area (Å²) < 4.78 is 3.11. The molecule has 0 radical (unpaired) electrons. The molecule has 3 N–H and O–H groups in total. The van der Waals surface area contributed by atoms with Crippen molar-refractivity contribution in [3.8, 4) is 0 Å². The van der Waals surface area contributed by atoms with E-state index in [1.54, 1.807) is 11.6 Å². The number of hydrogen-bond acceptors (Lipinski definition) is 6. The summed E-state index contributed by atoms with van der Waals surface area (Å²) in [5.74, 6) is -0.221. The molecule has 1 aromatic carbocycles. The van der Waals surface area contributed by atoms with E-state index in [1.165, 1.54) is 4.57 Å². The van der Waals surface area contributed by atoms with Crippen molar-refractivity contribution in [2.24, 2.45) is 18.7 Å². The van der Waals surface area contributed by atoms with Crippen molar-refractivity contribution in [3.05, 3.63) is 34.2 Å². The summed E-state index contributed by atoms with van der Waals surface area (Å²) in [6, 6.07) is 6.31. The number of imide groups is 1. The van der Waals surface area contributed by atoms with Gasteiger partial charge in [0.15, 0.2) is 0 Å². The van der Waals surface area contributed by atoms with Crippen LogP contribution in [0.25, 0.3) is 11.0 Å². The van der Waals surface area contributed by atoms with Crippen LogP contribution in [0, 0.1) is 5.92 Å². The van der Waals surface area contributed by atoms with Gasteiger partial charge < -0.3 is 10.6 Å². The minimum Gasteiger partial charge on any atom is -0.337 e. The van der Waals surface area contributed by atoms with Gasteiger partial charge in [0.1, 0.15) is 6.04 Å². The largest absolute Gasteiger partial charge is 0.337 e. The van der Waals surface area contributed by atoms with E-state index in [0.717, 1.165) is 69.2 Å². The van der Waals surface area contributed by atoms with Crippen LogP contribution in [0.1, 0.15) is 56.6 Å². The molecular weight excluding hydrogens is 472 g/mol. The van der Waals surface area contributed by atoms with Crippen molar-refractivity contribution in [2.45, 2.75) is 75.5 Å². The van der Waals surface area contributed by atoms with Crippen LogP contribution in [0.5, 0.6) is 0 Å². The fraction of sp³-hybridized carbons (Fsp3) is 0.630. The summed E-state index contributed by atoms with van der Waals surface area (Å²) >= 11 is 0. The topological polar surface area (TPSA) is 123 Å². The van der Waals surface area contributed by atoms with Crippen molar-refractivity contribution in [3.63, 3.8) is 0 Å². The van der Waals surface area contributed by atoms with Gasteiger partial charge in [0.25, 0.3) is 0 Å². The van der Waals surface area contributed by atoms with Crippen LogP contribution in [0.15, 0.2) is 23.0 Å². The molecule has 10 nitrogen and oxygen atoms in total. The molecule has 10 heteroatoms. The molecule has 1 aromatic heterocycles. The molecule has 4 heterocycles. The fourth-order valence-corrected chi connectivity index (χ4v) is 6.96. The Labute approximate surface area is 215 Å². The van der Waals surface area contributed by atoms with Gasteiger partial charge in [-0.3, -0.25) is 33.7 Å². The van der Waals surface area contributed by atoms with E-state index >= 15 is 0 Å². The SMILES string of the molecule is Cn1c(=O)n(C2CCC(=O)NC2=O)c2ccc(CCN3C[C@H]4C[C@@H]3CN4C(=O)C3CCC(N)CC3)cc21. The highest BCUT2D eigenvalue weighted by molar-refractivity contribution is 6.00. The summed E-state index contributed by atoms with van der Waals surface area (Å²) in [4.78, 5) is 54.7. The Morgan fingerprint density at radius 3 is 2.51 bits per heavy atom. The Hall–Kier alpha value is -2.98. The number of carbonyl (C=O) groups excluding carboxylic acids is 3. The maximum Gasteiger partial charge on any atom is 0.329 e. The van der Waals surface area contributed by atoms with Crippen molar-refractivity contribution in [1.29, 1.82) is 0 Å². The Morgan fingerprint density at radius 1 is 1.03 bits per heavy atom. The number of carbonyl (C=O) groups is 3. The van der Waals surface area contributed by atoms with Crippen LogP contribution in [0.2, 0.25) is 0 Å². The van der Waals surface area contributed by atoms with E-state index in [9.17, 15) is 19.2 Å². The highest BCUT2D eigenvalue weighted by Crippen LogP contribution is 2.34. The van der Waals surface area contributed by atoms with Gasteiger partial charge in [-0.25, -0.2) is 4.79 Å². The van der Waals surface area contributed by atoms with Crippen molar-refractivity contribution in [2.75, 3.05) is 19.6 Å². The van der Waals surface area contributed by atoms with Gasteiger partial charge in [0.2, 0.25) is 17.7 Å². The van der Waals surface area contributed by atoms with Crippen LogP contribution < -0.4 is 16.7 Å². The maximum atomic E-state index is 13.1. The molecule has 3 atom stereocenters. The number of rotatable bonds is 5. The number of likely N-dealkylation sites (tertiary alicyclic amines) is 2. The molecule has 6 rings (SSSR count). The first kappa shape index (κ1) is 24.4. The number of piperazine rings is 1. The van der Waals surface area contributed by atoms with Crippen LogP contribution in [0.4, 0.5) is 0 Å². The van der Waals surface area contributed by atoms with Crippen molar-refractivity contribution < 1.29 is 14.4 Å². The van der Waals surface area contributed by atoms with Gasteiger partial charge in [-0.1, -0.05) is 6.07 Å². The summed E-state index contributed by atoms with van der Waals surface area (Å²) in [5, 5.41) is 2.35. The van der Waals surface area contributed by atoms with E-state index in [1.807, 2.05) is 18.2 Å². The molecule has 4 fully saturated rings. The monoisotopic (exact) mass is 508 g/mol. The smallest absolute Gasteiger partial charge is 0.329 e. The zero-order valence-corrected chi connectivity index (χ0v) is 21.4. The molecule has 1 unspecified atom stereocenters. The molecule has 1 aliphatic carbocycles. The van der Waals surface area contributed by atoms with Gasteiger partial charge in [0.05, 0.1) is 11.0 Å². The summed E-state index contributed by atoms with van der Waals surface area (Å²) in [6.45, 7) is 2.67. The molecule has 3 amide bonds. The number of nitrogens with two attached hydrogens (primary N) is 1. The summed E-state index contributed by atoms with van der Waals surface area (Å²) in [7, 11) is 1.72. The Morgan fingerprint density at radius 2 is 1.81 bits per heavy atom. The third-order valence-electron chi connectivity index (χ3n) is 9.12. The number of hydrogen-bond donors (Lipinski definition) is 2. The first-order valence-electron chi connectivity index (χ1n) is 13.6. The first-order chi connectivity index (χ1) is 17.8. The minimum atomic E-state index is -0.670. The molecule has 1 saturated carbocycles. The van der Waals surface area contributed by atoms with Crippen LogP contribution in [-0.4, -0.2) is 74.4 Å². The highest BCUT2D eigenvalue weighted by Gasteiger charge is 2.46. The third-order valence-corrected chi connectivity index (χ3v) is 9.12. The van der Waals surface area contributed by atoms with Crippen molar-refractivity contribution >= 4 is 28.8 Å². The van der Waals surface area contributed by atoms with Gasteiger partial charge in [0, 0.05) is 57.1 Å². The molecule has 3 saturated heterocycles. The molecule has 2 bridgehead atoms. The normalized spacial score (nSPS) is 30.3. The molecule has 198 valence electrons. The van der Waals surface area contributed by atoms with E-state index in [2.05, 4.69) is 15.1 Å². The highest BCUT2D eigenvalue weighted by atomic mass is 16.2. The van der Waals surface area contributed by atoms with Crippen LogP contribution in [0.3, 0.4) is 0 Å². The molecule has 37 heavy (non-hydrogen) atoms. The number of nitrogens with one attached hydrogen (secondary N) is 1. The lowest BCUT2D eigenvalue weighted by Crippen LogP contribution is -2.51. The number of nitrogens with zero attached hydrogens (tertiary/aromatic N) is 4. The van der Waals surface area contributed by atoms with Gasteiger partial charge in [-0.15, -0.1) is 0 Å². The van der Waals surface area contributed by atoms with Gasteiger partial charge in [-0.05, 0) is 62.6 Å². The average molecular weight is 509 g/mol. The summed E-state index contributed by atoms with van der Waals surface area (Å²) in [6.07, 6.45) is 6.23. The number of amides is 3. The van der Waals surface area contributed by atoms with Crippen LogP contribution >= 0.6 is 0 Å². The van der Waals surface area contributed by atoms with Gasteiger partial charge >= 0.3 is 5.69 Å². The second-order valence-corrected chi connectivity index (χ2v) is 11.4. The Balaban J connectivity index is 1.10. The molecule has 3 aliphatic heterocycles. The van der Waals surface area contributed by atoms with Crippen LogP contribution in [-0.2, 0) is 27.9 Å². The standard InChI is InChI=1S/C27H36N6O4/c1-30-23-12-16(2-7-21(23)33(27(30)37)22-8-9-24(34)29-25(22)35)10-11-31-14-20-13-19(31)15-32(20)26(36)17-3-5-18(28)6-4-17/h2,7,12,17-20,22H,3-6,8-11,13-15,28H2,1H3,(H,29,34,35)/t17?,18?,19-,20-,22?/m1/s1. The first-order valence-corrected chi connectivity index (χ1v) is 13.6. The average Bonchev–Trinajstić information content (AvgIpc) is 3.55. The number of aryl methyl sites for hydroxylation is 1. The second-order valence-electron chi connectivity index (χ2n) is 11.4. The minimum absolute atomic E-state index is 0.151. The quantitative estimate of drug-likeness (QED) is 0.573. The fourth-order valence-electron chi connectivity index (χ4n) is 6.96. The maximum absolute atomic E-state index is 13.1. The second kappa shape index (κ2) is 9.40. The van der Waals surface area contributed by atoms with Crippen molar-refractivity contribution in [1.82, 2.24) is 24.3 Å². The molecule has 0 spiro atoms. The zero-order chi connectivity index (χ0) is 25.8. The predicted octanol–water partition coefficient (Wildman–Crippen LogP) is 0.663. The van der Waals surface area contributed by atoms with E-state index < -0.39 is 11.9 Å². The van der Waals surface area contributed by atoms with Gasteiger partial charge in [-0.2, -0.15) is 0 Å². The lowest BCUT2D eigenvalue weighted by Gasteiger charge is -2.37. The Bertz CT molecular complexity index is 1310. The molecule has 4 aliphatic rings. The number of aromatic nitrogens is 2. The summed E-state index contributed by atoms with van der Waals surface area (Å²) in [5.41, 5.74) is 8.42. The van der Waals surface area contributed by atoms with E-state index in [-0.39, 0.29) is 30.0 Å². The van der Waals surface area contributed by atoms with E-state index in [4.69, 9.17) is 5.73 Å². The molecule has 2 aromatic rings. The number of fused-ring (bicyclic) bond motifs is 3. The predicted molar refractivity (Wildman–Crippen MR) is 138 cm³/mol. The zero-order valence-electron chi connectivity index (χ0n) is 21.4. The lowest BCUT2D eigenvalue weighted by molar-refractivity contribution is -0.139. The molecular formula is C27H36N6O4. The number of benzene rings is 1. The number of imidazole rings is 1. The Kier molecular flexibility index (Phi) is 6.19. The third kappa shape index (κ3) is 4.29. The van der Waals surface area contributed by atoms with E-state index in [0.29, 0.717) is 29.9 Å². The number of piperidine rings is 1.